The molecule has 3 N–H and O–H groups in total. The van der Waals surface area contributed by atoms with Crippen molar-refractivity contribution in [3.63, 3.8) is 0 Å². The summed E-state index contributed by atoms with van der Waals surface area (Å²) in [5.74, 6) is -2.32. The van der Waals surface area contributed by atoms with Crippen molar-refractivity contribution in [2.24, 2.45) is 0 Å². The monoisotopic (exact) mass is 643 g/mol. The molecule has 2 amide bonds. The highest BCUT2D eigenvalue weighted by molar-refractivity contribution is 7.91. The van der Waals surface area contributed by atoms with Crippen molar-refractivity contribution < 1.29 is 31.9 Å². The Labute approximate surface area is 264 Å². The predicted molar refractivity (Wildman–Crippen MR) is 171 cm³/mol. The van der Waals surface area contributed by atoms with Crippen LogP contribution in [0.15, 0.2) is 65.6 Å². The summed E-state index contributed by atoms with van der Waals surface area (Å²) in [5.41, 5.74) is 2.22. The lowest BCUT2D eigenvalue weighted by Crippen LogP contribution is -2.48. The Kier molecular flexibility index (Phi) is 13.2. The van der Waals surface area contributed by atoms with Crippen LogP contribution in [-0.2, 0) is 22.8 Å². The van der Waals surface area contributed by atoms with Crippen LogP contribution >= 0.6 is 0 Å². The first kappa shape index (κ1) is 35.8. The number of nitrogens with one attached hydrogen (secondary N) is 2. The van der Waals surface area contributed by atoms with Crippen LogP contribution in [0.2, 0.25) is 0 Å². The molecule has 0 fully saturated rings. The summed E-state index contributed by atoms with van der Waals surface area (Å²) in [4.78, 5) is 28.7. The average molecular weight is 644 g/mol. The van der Waals surface area contributed by atoms with Crippen molar-refractivity contribution in [2.75, 3.05) is 25.4 Å². The molecule has 1 unspecified atom stereocenters. The van der Waals surface area contributed by atoms with Gasteiger partial charge < -0.3 is 20.6 Å². The Bertz CT molecular complexity index is 1560. The molecule has 244 valence electrons. The lowest BCUT2D eigenvalue weighted by atomic mass is 9.99. The van der Waals surface area contributed by atoms with Gasteiger partial charge >= 0.3 is 0 Å². The number of aliphatic hydroxyl groups excluding tert-OH is 1. The van der Waals surface area contributed by atoms with Crippen molar-refractivity contribution in [3.05, 3.63) is 100 Å². The van der Waals surface area contributed by atoms with Crippen LogP contribution < -0.4 is 10.6 Å². The van der Waals surface area contributed by atoms with Crippen LogP contribution in [0.25, 0.3) is 0 Å². The molecular formula is C34H43F2N3O5S. The smallest absolute Gasteiger partial charge is 0.253 e. The quantitative estimate of drug-likeness (QED) is 0.206. The van der Waals surface area contributed by atoms with Gasteiger partial charge in [0.2, 0.25) is 0 Å². The lowest BCUT2D eigenvalue weighted by molar-refractivity contribution is 0.0755. The number of halogens is 2. The second-order valence-corrected chi connectivity index (χ2v) is 13.5. The maximum atomic E-state index is 14.0. The summed E-state index contributed by atoms with van der Waals surface area (Å²) in [6.45, 7) is 8.72. The molecule has 3 aromatic rings. The van der Waals surface area contributed by atoms with Crippen molar-refractivity contribution in [3.8, 4) is 0 Å². The standard InChI is InChI=1S/C34H43F2N3O5S/c1-5-11-39(12-6-2)34(42)27-14-23(4)13-26(19-27)33(41)38-31(18-25-15-28(35)20-29(36)16-25)32(40)22-37-21-24-9-8-10-30(17-24)45(43,44)7-3/h8-10,13-17,19-20,31-32,37,40H,5-7,11-12,18,21-22H2,1-4H3,(H,38,41)/t31?,32-/m1/s1. The average Bonchev–Trinajstić information content (AvgIpc) is 2.99. The van der Waals surface area contributed by atoms with Gasteiger partial charge in [-0.25, -0.2) is 17.2 Å². The predicted octanol–water partition coefficient (Wildman–Crippen LogP) is 4.82. The maximum Gasteiger partial charge on any atom is 0.253 e. The van der Waals surface area contributed by atoms with Gasteiger partial charge in [0.05, 0.1) is 22.8 Å². The number of benzene rings is 3. The molecule has 0 aromatic heterocycles. The molecule has 2 atom stereocenters. The highest BCUT2D eigenvalue weighted by atomic mass is 32.2. The molecule has 0 bridgehead atoms. The van der Waals surface area contributed by atoms with E-state index in [9.17, 15) is 31.9 Å². The second-order valence-electron chi connectivity index (χ2n) is 11.2. The molecule has 0 aliphatic rings. The number of aryl methyl sites for hydroxylation is 1. The van der Waals surface area contributed by atoms with Gasteiger partial charge in [0.15, 0.2) is 9.84 Å². The van der Waals surface area contributed by atoms with E-state index < -0.39 is 39.5 Å². The Morgan fingerprint density at radius 3 is 2.16 bits per heavy atom. The molecule has 0 saturated heterocycles. The number of carbonyl (C=O) groups excluding carboxylic acids is 2. The molecule has 3 rings (SSSR count). The second kappa shape index (κ2) is 16.6. The van der Waals surface area contributed by atoms with Gasteiger partial charge in [-0.2, -0.15) is 0 Å². The zero-order valence-electron chi connectivity index (χ0n) is 26.3. The van der Waals surface area contributed by atoms with E-state index in [1.807, 2.05) is 13.8 Å². The number of sulfone groups is 1. The van der Waals surface area contributed by atoms with E-state index in [1.54, 1.807) is 49.1 Å². The summed E-state index contributed by atoms with van der Waals surface area (Å²) in [6, 6.07) is 13.4. The molecule has 11 heteroatoms. The van der Waals surface area contributed by atoms with Gasteiger partial charge in [-0.15, -0.1) is 0 Å². The number of hydrogen-bond donors (Lipinski definition) is 3. The van der Waals surface area contributed by atoms with Gasteiger partial charge in [-0.05, 0) is 85.3 Å². The summed E-state index contributed by atoms with van der Waals surface area (Å²) < 4.78 is 52.5. The fraction of sp³-hybridized carbons (Fsp3) is 0.412. The molecular weight excluding hydrogens is 600 g/mol. The summed E-state index contributed by atoms with van der Waals surface area (Å²) >= 11 is 0. The van der Waals surface area contributed by atoms with Crippen molar-refractivity contribution in [1.29, 1.82) is 0 Å². The highest BCUT2D eigenvalue weighted by Gasteiger charge is 2.24. The van der Waals surface area contributed by atoms with Crippen molar-refractivity contribution in [2.45, 2.75) is 70.5 Å². The molecule has 0 heterocycles. The van der Waals surface area contributed by atoms with Gasteiger partial charge in [0.25, 0.3) is 11.8 Å². The number of carbonyl (C=O) groups is 2. The third kappa shape index (κ3) is 10.4. The SMILES string of the molecule is CCCN(CCC)C(=O)c1cc(C)cc(C(=O)NC(Cc2cc(F)cc(F)c2)[C@H](O)CNCc2cccc(S(=O)(=O)CC)c2)c1. The van der Waals surface area contributed by atoms with E-state index in [-0.39, 0.29) is 47.2 Å². The molecule has 0 spiro atoms. The zero-order chi connectivity index (χ0) is 33.1. The van der Waals surface area contributed by atoms with E-state index in [0.717, 1.165) is 31.0 Å². The molecule has 3 aromatic carbocycles. The van der Waals surface area contributed by atoms with Gasteiger partial charge in [-0.1, -0.05) is 32.9 Å². The molecule has 45 heavy (non-hydrogen) atoms. The number of rotatable bonds is 16. The Morgan fingerprint density at radius 1 is 0.889 bits per heavy atom. The van der Waals surface area contributed by atoms with E-state index in [2.05, 4.69) is 10.6 Å². The fourth-order valence-electron chi connectivity index (χ4n) is 5.11. The lowest BCUT2D eigenvalue weighted by Gasteiger charge is -2.25. The van der Waals surface area contributed by atoms with Crippen LogP contribution in [0.1, 0.15) is 71.0 Å². The minimum atomic E-state index is -3.39. The first-order valence-electron chi connectivity index (χ1n) is 15.2. The molecule has 0 radical (unpaired) electrons. The largest absolute Gasteiger partial charge is 0.390 e. The van der Waals surface area contributed by atoms with E-state index in [4.69, 9.17) is 0 Å². The van der Waals surface area contributed by atoms with Gasteiger partial charge in [0.1, 0.15) is 11.6 Å². The van der Waals surface area contributed by atoms with Crippen molar-refractivity contribution in [1.82, 2.24) is 15.5 Å². The zero-order valence-corrected chi connectivity index (χ0v) is 27.1. The van der Waals surface area contributed by atoms with E-state index in [1.165, 1.54) is 12.1 Å². The van der Waals surface area contributed by atoms with Crippen LogP contribution in [0.4, 0.5) is 8.78 Å². The minimum absolute atomic E-state index is 0.0198. The Morgan fingerprint density at radius 2 is 1.53 bits per heavy atom. The molecule has 0 saturated carbocycles. The summed E-state index contributed by atoms with van der Waals surface area (Å²) in [6.07, 6.45) is 0.315. The van der Waals surface area contributed by atoms with E-state index >= 15 is 0 Å². The van der Waals surface area contributed by atoms with Crippen molar-refractivity contribution >= 4 is 21.7 Å². The number of hydrogen-bond acceptors (Lipinski definition) is 6. The molecule has 8 nitrogen and oxygen atoms in total. The first-order chi connectivity index (χ1) is 21.4. The Balaban J connectivity index is 1.81. The number of amides is 2. The number of aliphatic hydroxyl groups is 1. The minimum Gasteiger partial charge on any atom is -0.390 e. The summed E-state index contributed by atoms with van der Waals surface area (Å²) in [7, 11) is -3.39. The van der Waals surface area contributed by atoms with Crippen LogP contribution in [0.5, 0.6) is 0 Å². The Hall–Kier alpha value is -3.67. The number of nitrogens with zero attached hydrogens (tertiary/aromatic N) is 1. The third-order valence-corrected chi connectivity index (χ3v) is 9.07. The summed E-state index contributed by atoms with van der Waals surface area (Å²) in [5, 5.41) is 17.0. The van der Waals surface area contributed by atoms with Crippen LogP contribution in [0.3, 0.4) is 0 Å². The molecule has 0 aliphatic carbocycles. The van der Waals surface area contributed by atoms with Gasteiger partial charge in [0, 0.05) is 43.4 Å². The van der Waals surface area contributed by atoms with Crippen LogP contribution in [0, 0.1) is 18.6 Å². The third-order valence-electron chi connectivity index (χ3n) is 7.34. The topological polar surface area (TPSA) is 116 Å². The fourth-order valence-corrected chi connectivity index (χ4v) is 6.07. The van der Waals surface area contributed by atoms with Crippen LogP contribution in [-0.4, -0.2) is 67.8 Å². The highest BCUT2D eigenvalue weighted by Crippen LogP contribution is 2.17. The van der Waals surface area contributed by atoms with E-state index in [0.29, 0.717) is 29.8 Å². The van der Waals surface area contributed by atoms with Gasteiger partial charge in [-0.3, -0.25) is 9.59 Å². The normalized spacial score (nSPS) is 12.9. The first-order valence-corrected chi connectivity index (χ1v) is 16.9. The molecule has 0 aliphatic heterocycles. The maximum absolute atomic E-state index is 14.0.